The summed E-state index contributed by atoms with van der Waals surface area (Å²) in [6.45, 7) is 3.80. The average Bonchev–Trinajstić information content (AvgIpc) is 1.61. The molecule has 32 valence electrons. The van der Waals surface area contributed by atoms with Gasteiger partial charge in [-0.3, -0.25) is 0 Å². The van der Waals surface area contributed by atoms with Crippen LogP contribution in [0.25, 0.3) is 0 Å². The van der Waals surface area contributed by atoms with Gasteiger partial charge in [-0.25, -0.2) is 4.79 Å². The maximum atomic E-state index is 9.91. The van der Waals surface area contributed by atoms with Gasteiger partial charge < -0.3 is 4.74 Å². The first-order chi connectivity index (χ1) is 2.80. The summed E-state index contributed by atoms with van der Waals surface area (Å²) in [5.41, 5.74) is 0.579. The third-order valence-electron chi connectivity index (χ3n) is 0.666. The first kappa shape index (κ1) is 3.40. The molecular formula is C4H4O2. The van der Waals surface area contributed by atoms with Crippen molar-refractivity contribution in [1.29, 1.82) is 0 Å². The molecule has 0 unspecified atom stereocenters. The van der Waals surface area contributed by atoms with Crippen molar-refractivity contribution in [3.8, 4) is 0 Å². The summed E-state index contributed by atoms with van der Waals surface area (Å²) in [6, 6.07) is 0. The summed E-state index contributed by atoms with van der Waals surface area (Å²) in [4.78, 5) is 9.91. The zero-order valence-corrected chi connectivity index (χ0v) is 3.23. The van der Waals surface area contributed by atoms with Gasteiger partial charge in [0.15, 0.2) is 0 Å². The van der Waals surface area contributed by atoms with Crippen LogP contribution in [0, 0.1) is 0 Å². The Morgan fingerprint density at radius 2 is 2.33 bits per heavy atom. The van der Waals surface area contributed by atoms with E-state index in [1.807, 2.05) is 0 Å². The lowest BCUT2D eigenvalue weighted by molar-refractivity contribution is -0.147. The average molecular weight is 84.1 g/mol. The fourth-order valence-electron chi connectivity index (χ4n) is 0.233. The summed E-state index contributed by atoms with van der Waals surface area (Å²) < 4.78 is 4.30. The Morgan fingerprint density at radius 1 is 1.83 bits per heavy atom. The first-order valence-corrected chi connectivity index (χ1v) is 1.65. The van der Waals surface area contributed by atoms with Crippen LogP contribution in [-0.2, 0) is 9.53 Å². The van der Waals surface area contributed by atoms with Gasteiger partial charge in [-0.05, 0) is 0 Å². The van der Waals surface area contributed by atoms with Gasteiger partial charge >= 0.3 is 5.97 Å². The number of cyclic esters (lactones) is 1. The van der Waals surface area contributed by atoms with Gasteiger partial charge in [-0.2, -0.15) is 0 Å². The topological polar surface area (TPSA) is 26.3 Å². The molecule has 1 aliphatic heterocycles. The molecule has 1 aliphatic rings. The predicted octanol–water partition coefficient (Wildman–Crippen LogP) is 0.0994. The van der Waals surface area contributed by atoms with Crippen LogP contribution in [0.4, 0.5) is 0 Å². The predicted molar refractivity (Wildman–Crippen MR) is 20.1 cm³/mol. The molecule has 0 aromatic rings. The number of carbonyl (C=O) groups excluding carboxylic acids is 1. The number of hydrogen-bond donors (Lipinski definition) is 0. The van der Waals surface area contributed by atoms with E-state index in [1.54, 1.807) is 0 Å². The van der Waals surface area contributed by atoms with Gasteiger partial charge in [-0.1, -0.05) is 6.58 Å². The van der Waals surface area contributed by atoms with E-state index in [-0.39, 0.29) is 5.97 Å². The molecule has 0 aromatic carbocycles. The summed E-state index contributed by atoms with van der Waals surface area (Å²) >= 11 is 0. The largest absolute Gasteiger partial charge is 0.457 e. The van der Waals surface area contributed by atoms with E-state index in [1.165, 1.54) is 0 Å². The van der Waals surface area contributed by atoms with Crippen LogP contribution in [0.5, 0.6) is 0 Å². The highest BCUT2D eigenvalue weighted by molar-refractivity contribution is 5.93. The van der Waals surface area contributed by atoms with Crippen molar-refractivity contribution in [3.05, 3.63) is 12.2 Å². The Balaban J connectivity index is 2.61. The molecule has 1 rings (SSSR count). The molecule has 2 nitrogen and oxygen atoms in total. The number of hydrogen-bond acceptors (Lipinski definition) is 2. The van der Waals surface area contributed by atoms with E-state index in [4.69, 9.17) is 0 Å². The summed E-state index contributed by atoms with van der Waals surface area (Å²) in [6.07, 6.45) is 0. The van der Waals surface area contributed by atoms with Gasteiger partial charge in [-0.15, -0.1) is 0 Å². The van der Waals surface area contributed by atoms with Crippen LogP contribution in [-0.4, -0.2) is 12.6 Å². The van der Waals surface area contributed by atoms with E-state index in [9.17, 15) is 4.79 Å². The highest BCUT2D eigenvalue weighted by Gasteiger charge is 2.18. The lowest BCUT2D eigenvalue weighted by Gasteiger charge is -2.13. The van der Waals surface area contributed by atoms with E-state index < -0.39 is 0 Å². The second-order valence-electron chi connectivity index (χ2n) is 1.18. The Bertz CT molecular complexity index is 90.1. The Morgan fingerprint density at radius 3 is 2.33 bits per heavy atom. The minimum atomic E-state index is -0.255. The van der Waals surface area contributed by atoms with Gasteiger partial charge in [0.25, 0.3) is 0 Å². The molecule has 1 fully saturated rings. The summed E-state index contributed by atoms with van der Waals surface area (Å²) in [5.74, 6) is -0.255. The van der Waals surface area contributed by atoms with Crippen LogP contribution in [0.1, 0.15) is 0 Å². The minimum absolute atomic E-state index is 0.255. The molecule has 0 N–H and O–H groups in total. The maximum Gasteiger partial charge on any atom is 0.337 e. The van der Waals surface area contributed by atoms with Crippen molar-refractivity contribution in [2.45, 2.75) is 0 Å². The highest BCUT2D eigenvalue weighted by atomic mass is 16.6. The van der Waals surface area contributed by atoms with Crippen molar-refractivity contribution >= 4 is 5.97 Å². The zero-order valence-electron chi connectivity index (χ0n) is 3.23. The van der Waals surface area contributed by atoms with Crippen molar-refractivity contribution in [2.24, 2.45) is 0 Å². The first-order valence-electron chi connectivity index (χ1n) is 1.65. The lowest BCUT2D eigenvalue weighted by atomic mass is 10.3. The van der Waals surface area contributed by atoms with Crippen LogP contribution in [0.2, 0.25) is 0 Å². The molecule has 0 amide bonds. The smallest absolute Gasteiger partial charge is 0.337 e. The summed E-state index contributed by atoms with van der Waals surface area (Å²) in [7, 11) is 0. The number of carbonyl (C=O) groups is 1. The third-order valence-corrected chi connectivity index (χ3v) is 0.666. The Labute approximate surface area is 35.4 Å². The molecule has 0 saturated carbocycles. The minimum Gasteiger partial charge on any atom is -0.457 e. The number of ether oxygens (including phenoxy) is 1. The standard InChI is InChI=1S/C4H4O2/c1-3-2-6-4(3)5/h1-2H2. The Kier molecular flexibility index (Phi) is 0.473. The third kappa shape index (κ3) is 0.233. The second kappa shape index (κ2) is 0.834. The second-order valence-corrected chi connectivity index (χ2v) is 1.18. The monoisotopic (exact) mass is 84.0 g/mol. The molecule has 2 heteroatoms. The van der Waals surface area contributed by atoms with Crippen molar-refractivity contribution < 1.29 is 9.53 Å². The fourth-order valence-corrected chi connectivity index (χ4v) is 0.233. The van der Waals surface area contributed by atoms with Crippen LogP contribution in [0.15, 0.2) is 12.2 Å². The van der Waals surface area contributed by atoms with Crippen molar-refractivity contribution in [3.63, 3.8) is 0 Å². The maximum absolute atomic E-state index is 9.91. The van der Waals surface area contributed by atoms with E-state index in [0.717, 1.165) is 0 Å². The molecule has 1 saturated heterocycles. The van der Waals surface area contributed by atoms with Crippen LogP contribution >= 0.6 is 0 Å². The molecule has 0 spiro atoms. The molecule has 6 heavy (non-hydrogen) atoms. The highest BCUT2D eigenvalue weighted by Crippen LogP contribution is 2.05. The normalized spacial score (nSPS) is 19.3. The summed E-state index contributed by atoms with van der Waals surface area (Å²) in [5, 5.41) is 0. The SMILES string of the molecule is C=C1COC1=O. The molecule has 0 aromatic heterocycles. The fraction of sp³-hybridized carbons (Fsp3) is 0.250. The van der Waals surface area contributed by atoms with Gasteiger partial charge in [0.05, 0.1) is 5.57 Å². The van der Waals surface area contributed by atoms with Gasteiger partial charge in [0, 0.05) is 0 Å². The molecular weight excluding hydrogens is 80.0 g/mol. The molecule has 0 bridgehead atoms. The van der Waals surface area contributed by atoms with E-state index >= 15 is 0 Å². The Hall–Kier alpha value is -0.790. The van der Waals surface area contributed by atoms with Crippen molar-refractivity contribution in [1.82, 2.24) is 0 Å². The number of rotatable bonds is 0. The van der Waals surface area contributed by atoms with Gasteiger partial charge in [0.2, 0.25) is 0 Å². The lowest BCUT2D eigenvalue weighted by Crippen LogP contribution is -2.22. The zero-order chi connectivity index (χ0) is 4.57. The van der Waals surface area contributed by atoms with Crippen LogP contribution < -0.4 is 0 Å². The molecule has 0 aliphatic carbocycles. The van der Waals surface area contributed by atoms with Crippen molar-refractivity contribution in [2.75, 3.05) is 6.61 Å². The van der Waals surface area contributed by atoms with Gasteiger partial charge in [0.1, 0.15) is 6.61 Å². The van der Waals surface area contributed by atoms with E-state index in [2.05, 4.69) is 11.3 Å². The van der Waals surface area contributed by atoms with E-state index in [0.29, 0.717) is 12.2 Å². The molecule has 0 radical (unpaired) electrons. The molecule has 1 heterocycles. The molecule has 0 atom stereocenters. The quantitative estimate of drug-likeness (QED) is 0.307. The number of esters is 1. The van der Waals surface area contributed by atoms with Crippen LogP contribution in [0.3, 0.4) is 0 Å².